The van der Waals surface area contributed by atoms with E-state index >= 15 is 4.39 Å². The van der Waals surface area contributed by atoms with E-state index in [9.17, 15) is 0 Å². The summed E-state index contributed by atoms with van der Waals surface area (Å²) in [6, 6.07) is 18.3. The minimum absolute atomic E-state index is 0.0122. The number of hydrogen-bond acceptors (Lipinski definition) is 3. The minimum atomic E-state index is -0.248. The molecule has 33 heavy (non-hydrogen) atoms. The van der Waals surface area contributed by atoms with Crippen LogP contribution in [0.2, 0.25) is 5.02 Å². The quantitative estimate of drug-likeness (QED) is 0.341. The zero-order valence-corrected chi connectivity index (χ0v) is 20.4. The Morgan fingerprint density at radius 1 is 1.15 bits per heavy atom. The van der Waals surface area contributed by atoms with Crippen molar-refractivity contribution in [3.8, 4) is 11.5 Å². The summed E-state index contributed by atoms with van der Waals surface area (Å²) in [4.78, 5) is 6.85. The van der Waals surface area contributed by atoms with E-state index in [0.717, 1.165) is 30.8 Å². The summed E-state index contributed by atoms with van der Waals surface area (Å²) in [5, 5.41) is 0.553. The number of anilines is 1. The Morgan fingerprint density at radius 3 is 2.58 bits per heavy atom. The largest absolute Gasteiger partial charge is 0.456 e. The van der Waals surface area contributed by atoms with E-state index in [2.05, 4.69) is 37.6 Å². The summed E-state index contributed by atoms with van der Waals surface area (Å²) in [6.45, 7) is 9.79. The average molecular weight is 465 g/mol. The number of para-hydroxylation sites is 1. The molecule has 1 aliphatic rings. The number of fused-ring (bicyclic) bond motifs is 1. The Morgan fingerprint density at radius 2 is 1.88 bits per heavy atom. The molecule has 0 amide bonds. The molecule has 0 aliphatic carbocycles. The van der Waals surface area contributed by atoms with E-state index in [4.69, 9.17) is 16.3 Å². The second-order valence-corrected chi connectivity index (χ2v) is 9.69. The van der Waals surface area contributed by atoms with E-state index in [1.165, 1.54) is 5.56 Å². The highest BCUT2D eigenvalue weighted by molar-refractivity contribution is 6.32. The Kier molecular flexibility index (Phi) is 6.76. The highest BCUT2D eigenvalue weighted by atomic mass is 35.5. The van der Waals surface area contributed by atoms with Crippen LogP contribution in [0.3, 0.4) is 0 Å². The van der Waals surface area contributed by atoms with E-state index in [0.29, 0.717) is 28.0 Å². The predicted octanol–water partition coefficient (Wildman–Crippen LogP) is 8.52. The lowest BCUT2D eigenvalue weighted by Crippen LogP contribution is -2.48. The van der Waals surface area contributed by atoms with Crippen molar-refractivity contribution in [1.82, 2.24) is 0 Å². The first-order chi connectivity index (χ1) is 15.8. The summed E-state index contributed by atoms with van der Waals surface area (Å²) < 4.78 is 20.9. The van der Waals surface area contributed by atoms with Crippen LogP contribution in [0.1, 0.15) is 57.6 Å². The number of hydrogen-bond donors (Lipinski definition) is 0. The number of halogens is 2. The van der Waals surface area contributed by atoms with Crippen molar-refractivity contribution < 1.29 is 9.13 Å². The molecule has 5 heteroatoms. The monoisotopic (exact) mass is 464 g/mol. The molecular weight excluding hydrogens is 435 g/mol. The van der Waals surface area contributed by atoms with E-state index < -0.39 is 0 Å². The maximum absolute atomic E-state index is 15.1. The van der Waals surface area contributed by atoms with Gasteiger partial charge in [-0.2, -0.15) is 0 Å². The molecule has 0 radical (unpaired) electrons. The van der Waals surface area contributed by atoms with Crippen LogP contribution < -0.4 is 9.64 Å². The van der Waals surface area contributed by atoms with Gasteiger partial charge in [0.15, 0.2) is 0 Å². The van der Waals surface area contributed by atoms with Gasteiger partial charge in [-0.1, -0.05) is 37.6 Å². The standard InChI is InChI=1S/C28H30ClFN2O/c1-5-14-32-26-16-25(30)20(15-23(26)19(2)17-28(32,3)4)18-31-21-10-12-22(13-11-21)33-27-9-7-6-8-24(27)29/h6-13,15-16,18-19H,5,14,17H2,1-4H3. The predicted molar refractivity (Wildman–Crippen MR) is 136 cm³/mol. The van der Waals surface area contributed by atoms with Crippen molar-refractivity contribution in [2.45, 2.75) is 52.0 Å². The highest BCUT2D eigenvalue weighted by Gasteiger charge is 2.36. The maximum atomic E-state index is 15.1. The molecule has 0 bridgehead atoms. The molecule has 3 aromatic carbocycles. The Labute approximate surface area is 200 Å². The Hall–Kier alpha value is -2.85. The molecule has 0 saturated heterocycles. The second-order valence-electron chi connectivity index (χ2n) is 9.29. The molecule has 0 aromatic heterocycles. The van der Waals surface area contributed by atoms with E-state index in [1.807, 2.05) is 48.5 Å². The van der Waals surface area contributed by atoms with Crippen molar-refractivity contribution in [1.29, 1.82) is 0 Å². The molecule has 172 valence electrons. The lowest BCUT2D eigenvalue weighted by molar-refractivity contribution is 0.375. The molecule has 4 rings (SSSR count). The molecule has 1 aliphatic heterocycles. The van der Waals surface area contributed by atoms with Crippen LogP contribution in [0, 0.1) is 5.82 Å². The fraction of sp³-hybridized carbons (Fsp3) is 0.321. The smallest absolute Gasteiger partial charge is 0.146 e. The van der Waals surface area contributed by atoms with Gasteiger partial charge in [-0.3, -0.25) is 4.99 Å². The van der Waals surface area contributed by atoms with Crippen molar-refractivity contribution in [3.63, 3.8) is 0 Å². The van der Waals surface area contributed by atoms with Crippen LogP contribution in [0.5, 0.6) is 11.5 Å². The first-order valence-corrected chi connectivity index (χ1v) is 11.8. The first kappa shape index (κ1) is 23.3. The van der Waals surface area contributed by atoms with Gasteiger partial charge in [-0.05, 0) is 86.7 Å². The highest BCUT2D eigenvalue weighted by Crippen LogP contribution is 2.44. The third-order valence-corrected chi connectivity index (χ3v) is 6.52. The summed E-state index contributed by atoms with van der Waals surface area (Å²) in [5.74, 6) is 1.37. The average Bonchev–Trinajstić information content (AvgIpc) is 2.78. The zero-order valence-electron chi connectivity index (χ0n) is 19.6. The molecule has 0 fully saturated rings. The fourth-order valence-electron chi connectivity index (χ4n) is 4.67. The number of rotatable bonds is 6. The van der Waals surface area contributed by atoms with Gasteiger partial charge in [-0.15, -0.1) is 0 Å². The van der Waals surface area contributed by atoms with Crippen molar-refractivity contribution in [2.75, 3.05) is 11.4 Å². The van der Waals surface area contributed by atoms with Crippen molar-refractivity contribution in [2.24, 2.45) is 4.99 Å². The van der Waals surface area contributed by atoms with Gasteiger partial charge in [0.05, 0.1) is 10.7 Å². The number of ether oxygens (including phenoxy) is 1. The molecule has 3 nitrogen and oxygen atoms in total. The van der Waals surface area contributed by atoms with Crippen LogP contribution in [0.15, 0.2) is 65.7 Å². The minimum Gasteiger partial charge on any atom is -0.456 e. The molecule has 0 saturated carbocycles. The number of nitrogens with zero attached hydrogens (tertiary/aromatic N) is 2. The van der Waals surface area contributed by atoms with E-state index in [-0.39, 0.29) is 11.4 Å². The van der Waals surface area contributed by atoms with Crippen molar-refractivity contribution >= 4 is 29.2 Å². The summed E-state index contributed by atoms with van der Waals surface area (Å²) in [5.41, 5.74) is 3.44. The van der Waals surface area contributed by atoms with E-state index in [1.54, 1.807) is 18.3 Å². The molecule has 0 spiro atoms. The molecule has 1 unspecified atom stereocenters. The summed E-state index contributed by atoms with van der Waals surface area (Å²) >= 11 is 6.15. The molecular formula is C28H30ClFN2O. The maximum Gasteiger partial charge on any atom is 0.146 e. The zero-order chi connectivity index (χ0) is 23.6. The SMILES string of the molecule is CCCN1c2cc(F)c(C=Nc3ccc(Oc4ccccc4Cl)cc3)cc2C(C)CC1(C)C. The van der Waals surface area contributed by atoms with Gasteiger partial charge in [0.25, 0.3) is 0 Å². The number of benzene rings is 3. The molecule has 3 aromatic rings. The van der Waals surface area contributed by atoms with Crippen LogP contribution in [-0.2, 0) is 0 Å². The van der Waals surface area contributed by atoms with Crippen LogP contribution >= 0.6 is 11.6 Å². The van der Waals surface area contributed by atoms with Gasteiger partial charge in [0.2, 0.25) is 0 Å². The molecule has 1 heterocycles. The summed E-state index contributed by atoms with van der Waals surface area (Å²) in [6.07, 6.45) is 3.67. The van der Waals surface area contributed by atoms with Crippen LogP contribution in [-0.4, -0.2) is 18.3 Å². The van der Waals surface area contributed by atoms with Gasteiger partial charge in [-0.25, -0.2) is 4.39 Å². The topological polar surface area (TPSA) is 24.8 Å². The summed E-state index contributed by atoms with van der Waals surface area (Å²) in [7, 11) is 0. The fourth-order valence-corrected chi connectivity index (χ4v) is 4.84. The first-order valence-electron chi connectivity index (χ1n) is 11.5. The molecule has 1 atom stereocenters. The second kappa shape index (κ2) is 9.56. The van der Waals surface area contributed by atoms with Gasteiger partial charge in [0.1, 0.15) is 17.3 Å². The lowest BCUT2D eigenvalue weighted by atomic mass is 9.79. The third kappa shape index (κ3) is 5.06. The van der Waals surface area contributed by atoms with Gasteiger partial charge in [0, 0.05) is 29.5 Å². The van der Waals surface area contributed by atoms with Gasteiger partial charge >= 0.3 is 0 Å². The van der Waals surface area contributed by atoms with Crippen molar-refractivity contribution in [3.05, 3.63) is 82.6 Å². The Balaban J connectivity index is 1.55. The lowest BCUT2D eigenvalue weighted by Gasteiger charge is -2.47. The van der Waals surface area contributed by atoms with Crippen LogP contribution in [0.4, 0.5) is 15.8 Å². The van der Waals surface area contributed by atoms with Gasteiger partial charge < -0.3 is 9.64 Å². The number of aliphatic imine (C=N–C) groups is 1. The Bertz CT molecular complexity index is 1160. The van der Waals surface area contributed by atoms with Crippen LogP contribution in [0.25, 0.3) is 0 Å². The normalized spacial score (nSPS) is 17.3. The molecule has 0 N–H and O–H groups in total. The third-order valence-electron chi connectivity index (χ3n) is 6.21.